The number of alkyl halides is 3. The largest absolute Gasteiger partial charge is 0.416 e. The van der Waals surface area contributed by atoms with Gasteiger partial charge in [-0.2, -0.15) is 13.2 Å². The maximum Gasteiger partial charge on any atom is 0.416 e. The van der Waals surface area contributed by atoms with E-state index in [0.717, 1.165) is 41.3 Å². The van der Waals surface area contributed by atoms with E-state index in [1.54, 1.807) is 43.6 Å². The lowest BCUT2D eigenvalue weighted by atomic mass is 10.1. The molecule has 0 aliphatic carbocycles. The zero-order chi connectivity index (χ0) is 32.6. The van der Waals surface area contributed by atoms with Crippen molar-refractivity contribution in [3.05, 3.63) is 100 Å². The number of rotatable bonds is 6. The molecule has 0 atom stereocenters. The molecule has 0 spiro atoms. The number of ether oxygens (including phenoxy) is 1. The number of nitrogens with zero attached hydrogens (tertiary/aromatic N) is 6. The molecule has 1 aliphatic heterocycles. The van der Waals surface area contributed by atoms with E-state index in [1.807, 2.05) is 12.1 Å². The third-order valence-corrected chi connectivity index (χ3v) is 7.79. The van der Waals surface area contributed by atoms with Gasteiger partial charge in [-0.3, -0.25) is 14.3 Å². The Kier molecular flexibility index (Phi) is 8.04. The normalized spacial score (nSPS) is 13.5. The van der Waals surface area contributed by atoms with E-state index in [1.165, 1.54) is 23.9 Å². The maximum absolute atomic E-state index is 13.3. The fourth-order valence-electron chi connectivity index (χ4n) is 5.27. The van der Waals surface area contributed by atoms with E-state index in [9.17, 15) is 22.8 Å². The molecule has 0 radical (unpaired) electrons. The van der Waals surface area contributed by atoms with Crippen molar-refractivity contribution in [2.24, 2.45) is 7.05 Å². The highest BCUT2D eigenvalue weighted by Gasteiger charge is 2.31. The minimum atomic E-state index is -4.59. The van der Waals surface area contributed by atoms with Gasteiger partial charge in [-0.05, 0) is 49.4 Å². The number of amides is 1. The summed E-state index contributed by atoms with van der Waals surface area (Å²) >= 11 is 0. The smallest absolute Gasteiger partial charge is 0.382 e. The summed E-state index contributed by atoms with van der Waals surface area (Å²) in [7, 11) is 1.50. The number of nitrogens with one attached hydrogen (secondary N) is 1. The lowest BCUT2D eigenvalue weighted by Gasteiger charge is -2.28. The van der Waals surface area contributed by atoms with Crippen LogP contribution in [-0.4, -0.2) is 56.5 Å². The van der Waals surface area contributed by atoms with E-state index in [-0.39, 0.29) is 22.8 Å². The monoisotopic (exact) mass is 630 g/mol. The van der Waals surface area contributed by atoms with Crippen molar-refractivity contribution in [2.45, 2.75) is 13.1 Å². The lowest BCUT2D eigenvalue weighted by molar-refractivity contribution is -0.137. The number of benzene rings is 2. The van der Waals surface area contributed by atoms with Gasteiger partial charge in [-0.1, -0.05) is 18.2 Å². The Morgan fingerprint density at radius 2 is 1.74 bits per heavy atom. The van der Waals surface area contributed by atoms with Gasteiger partial charge in [0.1, 0.15) is 22.9 Å². The first-order valence-corrected chi connectivity index (χ1v) is 14.3. The van der Waals surface area contributed by atoms with E-state index >= 15 is 0 Å². The minimum absolute atomic E-state index is 0.0150. The van der Waals surface area contributed by atoms with Gasteiger partial charge in [0, 0.05) is 43.1 Å². The van der Waals surface area contributed by atoms with E-state index in [0.29, 0.717) is 35.9 Å². The molecule has 1 fully saturated rings. The highest BCUT2D eigenvalue weighted by molar-refractivity contribution is 6.05. The molecule has 46 heavy (non-hydrogen) atoms. The topological polar surface area (TPSA) is 133 Å². The average molecular weight is 631 g/mol. The van der Waals surface area contributed by atoms with Crippen molar-refractivity contribution in [2.75, 3.05) is 42.3 Å². The molecule has 6 rings (SSSR count). The molecule has 1 amide bonds. The van der Waals surface area contributed by atoms with Gasteiger partial charge < -0.3 is 20.7 Å². The number of hydrogen-bond donors (Lipinski definition) is 2. The summed E-state index contributed by atoms with van der Waals surface area (Å²) < 4.78 is 47.7. The van der Waals surface area contributed by atoms with E-state index < -0.39 is 23.2 Å². The summed E-state index contributed by atoms with van der Waals surface area (Å²) in [5.41, 5.74) is 7.52. The summed E-state index contributed by atoms with van der Waals surface area (Å²) in [6.45, 7) is 4.31. The molecule has 14 heteroatoms. The fourth-order valence-corrected chi connectivity index (χ4v) is 5.27. The van der Waals surface area contributed by atoms with Gasteiger partial charge in [0.15, 0.2) is 0 Å². The molecule has 2 aromatic carbocycles. The first-order valence-electron chi connectivity index (χ1n) is 14.3. The summed E-state index contributed by atoms with van der Waals surface area (Å²) in [6.07, 6.45) is -1.27. The summed E-state index contributed by atoms with van der Waals surface area (Å²) in [4.78, 5) is 42.3. The van der Waals surface area contributed by atoms with Crippen LogP contribution in [0.25, 0.3) is 28.2 Å². The summed E-state index contributed by atoms with van der Waals surface area (Å²) in [5.74, 6) is 0.334. The second-order valence-electron chi connectivity index (χ2n) is 10.7. The number of nitrogens with two attached hydrogens (primary N) is 1. The standard InChI is InChI=1S/C32H29F3N8O3/c1-19-27(31(45)43(41(19)2)24-5-3-4-22(17-24)32(33,34)35)30(44)39-23-8-6-20(7-9-23)28-29(36)38-18-25(40-28)21-10-11-37-26(16-21)42-12-14-46-15-13-42/h3-11,16-18H,12-15H2,1-2H3,(H2,36,38)(H,39,44). The number of carbonyl (C=O) groups is 1. The second-order valence-corrected chi connectivity index (χ2v) is 10.7. The highest BCUT2D eigenvalue weighted by atomic mass is 19.4. The van der Waals surface area contributed by atoms with Crippen LogP contribution in [0.5, 0.6) is 0 Å². The van der Waals surface area contributed by atoms with Crippen LogP contribution in [0.4, 0.5) is 30.5 Å². The number of halogens is 3. The number of anilines is 3. The van der Waals surface area contributed by atoms with Crippen LogP contribution in [0.15, 0.2) is 77.9 Å². The first kappa shape index (κ1) is 30.5. The quantitative estimate of drug-likeness (QED) is 0.276. The molecule has 5 aromatic rings. The van der Waals surface area contributed by atoms with Crippen LogP contribution in [0.1, 0.15) is 21.6 Å². The van der Waals surface area contributed by atoms with Gasteiger partial charge in [-0.25, -0.2) is 19.6 Å². The first-order chi connectivity index (χ1) is 22.0. The van der Waals surface area contributed by atoms with E-state index in [2.05, 4.69) is 20.2 Å². The summed E-state index contributed by atoms with van der Waals surface area (Å²) in [6, 6.07) is 14.8. The van der Waals surface area contributed by atoms with Crippen LogP contribution in [0, 0.1) is 6.92 Å². The van der Waals surface area contributed by atoms with Gasteiger partial charge in [-0.15, -0.1) is 0 Å². The molecule has 1 aliphatic rings. The Labute approximate surface area is 261 Å². The van der Waals surface area contributed by atoms with Crippen molar-refractivity contribution >= 4 is 23.2 Å². The number of hydrogen-bond acceptors (Lipinski definition) is 8. The van der Waals surface area contributed by atoms with Gasteiger partial charge in [0.25, 0.3) is 11.5 Å². The molecular formula is C32H29F3N8O3. The molecule has 1 saturated heterocycles. The maximum atomic E-state index is 13.3. The Balaban J connectivity index is 1.23. The van der Waals surface area contributed by atoms with Crippen molar-refractivity contribution in [1.82, 2.24) is 24.3 Å². The number of pyridine rings is 1. The molecule has 3 aromatic heterocycles. The predicted molar refractivity (Wildman–Crippen MR) is 167 cm³/mol. The molecule has 236 valence electrons. The molecule has 0 saturated carbocycles. The van der Waals surface area contributed by atoms with Crippen molar-refractivity contribution in [3.8, 4) is 28.2 Å². The zero-order valence-corrected chi connectivity index (χ0v) is 24.9. The van der Waals surface area contributed by atoms with Gasteiger partial charge >= 0.3 is 6.18 Å². The molecule has 4 heterocycles. The Bertz CT molecular complexity index is 1980. The number of carbonyl (C=O) groups excluding carboxylic acids is 1. The molecule has 0 unspecified atom stereocenters. The van der Waals surface area contributed by atoms with Crippen molar-refractivity contribution in [1.29, 1.82) is 0 Å². The van der Waals surface area contributed by atoms with Crippen LogP contribution < -0.4 is 21.5 Å². The Morgan fingerprint density at radius 1 is 1.00 bits per heavy atom. The minimum Gasteiger partial charge on any atom is -0.382 e. The summed E-state index contributed by atoms with van der Waals surface area (Å²) in [5, 5.41) is 2.70. The lowest BCUT2D eigenvalue weighted by Crippen LogP contribution is -2.36. The average Bonchev–Trinajstić information content (AvgIpc) is 3.28. The van der Waals surface area contributed by atoms with Crippen LogP contribution in [0.2, 0.25) is 0 Å². The molecule has 0 bridgehead atoms. The van der Waals surface area contributed by atoms with Crippen LogP contribution >= 0.6 is 0 Å². The molecule has 11 nitrogen and oxygen atoms in total. The third kappa shape index (κ3) is 5.94. The van der Waals surface area contributed by atoms with Crippen molar-refractivity contribution < 1.29 is 22.7 Å². The zero-order valence-electron chi connectivity index (χ0n) is 24.9. The van der Waals surface area contributed by atoms with Gasteiger partial charge in [0.05, 0.1) is 42.0 Å². The fraction of sp³-hybridized carbons (Fsp3) is 0.219. The Hall–Kier alpha value is -5.50. The molecular weight excluding hydrogens is 601 g/mol. The highest BCUT2D eigenvalue weighted by Crippen LogP contribution is 2.31. The van der Waals surface area contributed by atoms with Gasteiger partial charge in [0.2, 0.25) is 0 Å². The predicted octanol–water partition coefficient (Wildman–Crippen LogP) is 4.69. The Morgan fingerprint density at radius 3 is 2.46 bits per heavy atom. The third-order valence-electron chi connectivity index (χ3n) is 7.79. The SMILES string of the molecule is Cc1c(C(=O)Nc2ccc(-c3nc(-c4ccnc(N5CCOCC5)c4)cnc3N)cc2)c(=O)n(-c2cccc(C(F)(F)F)c2)n1C. The molecule has 3 N–H and O–H groups in total. The van der Waals surface area contributed by atoms with Crippen LogP contribution in [-0.2, 0) is 18.0 Å². The van der Waals surface area contributed by atoms with Crippen LogP contribution in [0.3, 0.4) is 0 Å². The second kappa shape index (κ2) is 12.1. The number of nitrogen functional groups attached to an aromatic ring is 1. The number of morpholine rings is 1. The number of aromatic nitrogens is 5. The van der Waals surface area contributed by atoms with E-state index in [4.69, 9.17) is 15.5 Å². The van der Waals surface area contributed by atoms with Crippen molar-refractivity contribution in [3.63, 3.8) is 0 Å².